The van der Waals surface area contributed by atoms with Crippen LogP contribution in [0, 0.1) is 0 Å². The van der Waals surface area contributed by atoms with Crippen molar-refractivity contribution in [3.8, 4) is 0 Å². The van der Waals surface area contributed by atoms with Gasteiger partial charge in [-0.1, -0.05) is 30.3 Å². The highest BCUT2D eigenvalue weighted by Gasteiger charge is 2.08. The summed E-state index contributed by atoms with van der Waals surface area (Å²) in [5, 5.41) is 0. The molecule has 14 heavy (non-hydrogen) atoms. The highest BCUT2D eigenvalue weighted by Crippen LogP contribution is 2.04. The fourth-order valence-electron chi connectivity index (χ4n) is 1.15. The third-order valence-electron chi connectivity index (χ3n) is 2.31. The van der Waals surface area contributed by atoms with Crippen LogP contribution in [0.2, 0.25) is 0 Å². The maximum atomic E-state index is 3.82. The largest absolute Gasteiger partial charge is 1.00 e. The monoisotopic (exact) mass is 255 g/mol. The lowest BCUT2D eigenvalue weighted by molar-refractivity contribution is -0.838. The van der Waals surface area contributed by atoms with E-state index in [0.29, 0.717) is 0 Å². The molecule has 0 amide bonds. The van der Waals surface area contributed by atoms with Crippen LogP contribution in [0.3, 0.4) is 0 Å². The first-order chi connectivity index (χ1) is 6.14. The van der Waals surface area contributed by atoms with E-state index >= 15 is 0 Å². The second kappa shape index (κ2) is 5.99. The molecule has 0 aliphatic carbocycles. The molecule has 0 aliphatic rings. The van der Waals surface area contributed by atoms with Gasteiger partial charge in [0.25, 0.3) is 0 Å². The number of likely N-dealkylation sites (N-methyl/N-ethyl adjacent to an activating group) is 1. The van der Waals surface area contributed by atoms with Gasteiger partial charge in [0, 0.05) is 6.42 Å². The van der Waals surface area contributed by atoms with Crippen LogP contribution in [0.25, 0.3) is 0 Å². The molecule has 1 aromatic carbocycles. The van der Waals surface area contributed by atoms with Gasteiger partial charge >= 0.3 is 0 Å². The number of rotatable bonds is 4. The highest BCUT2D eigenvalue weighted by atomic mass is 79.9. The molecule has 0 fully saturated rings. The Morgan fingerprint density at radius 1 is 1.21 bits per heavy atom. The molecule has 1 aromatic rings. The fourth-order valence-corrected chi connectivity index (χ4v) is 1.15. The second-order valence-electron chi connectivity index (χ2n) is 3.92. The van der Waals surface area contributed by atoms with Crippen LogP contribution in [0.15, 0.2) is 43.1 Å². The van der Waals surface area contributed by atoms with Crippen LogP contribution in [-0.2, 0) is 6.42 Å². The summed E-state index contributed by atoms with van der Waals surface area (Å²) >= 11 is 0. The summed E-state index contributed by atoms with van der Waals surface area (Å²) in [5.74, 6) is 0. The van der Waals surface area contributed by atoms with Crippen molar-refractivity contribution in [2.24, 2.45) is 0 Å². The molecule has 0 N–H and O–H groups in total. The van der Waals surface area contributed by atoms with Crippen LogP contribution in [-0.4, -0.2) is 25.1 Å². The second-order valence-corrected chi connectivity index (χ2v) is 3.92. The van der Waals surface area contributed by atoms with Gasteiger partial charge in [0.15, 0.2) is 0 Å². The molecule has 0 unspecified atom stereocenters. The Kier molecular flexibility index (Phi) is 5.73. The van der Waals surface area contributed by atoms with E-state index in [1.807, 2.05) is 6.20 Å². The summed E-state index contributed by atoms with van der Waals surface area (Å²) in [6, 6.07) is 10.6. The van der Waals surface area contributed by atoms with Crippen LogP contribution < -0.4 is 17.0 Å². The summed E-state index contributed by atoms with van der Waals surface area (Å²) in [6.45, 7) is 4.92. The molecule has 0 heterocycles. The van der Waals surface area contributed by atoms with Gasteiger partial charge in [-0.3, -0.25) is 0 Å². The fraction of sp³-hybridized carbons (Fsp3) is 0.333. The van der Waals surface area contributed by atoms with Gasteiger partial charge in [-0.05, 0) is 12.1 Å². The Bertz CT molecular complexity index is 267. The van der Waals surface area contributed by atoms with E-state index in [1.165, 1.54) is 5.56 Å². The number of halogens is 1. The van der Waals surface area contributed by atoms with Gasteiger partial charge in [0.05, 0.1) is 26.8 Å². The molecular weight excluding hydrogens is 238 g/mol. The van der Waals surface area contributed by atoms with Gasteiger partial charge in [0.1, 0.15) is 0 Å². The molecule has 0 atom stereocenters. The van der Waals surface area contributed by atoms with Crippen molar-refractivity contribution >= 4 is 0 Å². The van der Waals surface area contributed by atoms with E-state index in [-0.39, 0.29) is 17.0 Å². The summed E-state index contributed by atoms with van der Waals surface area (Å²) in [6.07, 6.45) is 3.09. The van der Waals surface area contributed by atoms with Crippen LogP contribution in [0.5, 0.6) is 0 Å². The normalized spacial score (nSPS) is 10.4. The molecule has 0 saturated heterocycles. The zero-order valence-corrected chi connectivity index (χ0v) is 10.5. The Hall–Kier alpha value is -0.600. The first kappa shape index (κ1) is 13.4. The molecule has 78 valence electrons. The van der Waals surface area contributed by atoms with Crippen molar-refractivity contribution < 1.29 is 21.5 Å². The maximum Gasteiger partial charge on any atom is 0.0881 e. The summed E-state index contributed by atoms with van der Waals surface area (Å²) in [7, 11) is 4.33. The van der Waals surface area contributed by atoms with E-state index in [1.54, 1.807) is 0 Å². The van der Waals surface area contributed by atoms with Gasteiger partial charge < -0.3 is 21.5 Å². The van der Waals surface area contributed by atoms with Crippen molar-refractivity contribution in [2.75, 3.05) is 20.6 Å². The predicted molar refractivity (Wildman–Crippen MR) is 57.3 cm³/mol. The number of quaternary nitrogens is 1. The minimum absolute atomic E-state index is 0. The van der Waals surface area contributed by atoms with Crippen LogP contribution in [0.1, 0.15) is 5.56 Å². The lowest BCUT2D eigenvalue weighted by Gasteiger charge is -2.24. The number of hydrogen-bond donors (Lipinski definition) is 0. The van der Waals surface area contributed by atoms with Crippen molar-refractivity contribution in [1.29, 1.82) is 0 Å². The van der Waals surface area contributed by atoms with E-state index in [2.05, 4.69) is 51.0 Å². The SMILES string of the molecule is C=C[N+](C)(C)CCc1ccccc1.[Br-]. The molecular formula is C12H18BrN. The van der Waals surface area contributed by atoms with Gasteiger partial charge in [0.2, 0.25) is 0 Å². The molecule has 0 aliphatic heterocycles. The average molecular weight is 256 g/mol. The Morgan fingerprint density at radius 3 is 2.29 bits per heavy atom. The smallest absolute Gasteiger partial charge is 0.0881 e. The van der Waals surface area contributed by atoms with E-state index in [0.717, 1.165) is 17.4 Å². The Balaban J connectivity index is 0.00000169. The topological polar surface area (TPSA) is 0 Å². The first-order valence-electron chi connectivity index (χ1n) is 4.64. The molecule has 0 saturated carbocycles. The standard InChI is InChI=1S/C12H18N.BrH/c1-4-13(2,3)11-10-12-8-6-5-7-9-12;/h4-9H,1,10-11H2,2-3H3;1H/q+1;/p-1. The Labute approximate surface area is 97.4 Å². The number of benzene rings is 1. The molecule has 2 heteroatoms. The van der Waals surface area contributed by atoms with Gasteiger partial charge in [-0.25, -0.2) is 0 Å². The van der Waals surface area contributed by atoms with Crippen LogP contribution in [0.4, 0.5) is 0 Å². The summed E-state index contributed by atoms with van der Waals surface area (Å²) < 4.78 is 0.870. The van der Waals surface area contributed by atoms with Crippen molar-refractivity contribution in [3.63, 3.8) is 0 Å². The molecule has 0 bridgehead atoms. The molecule has 0 aromatic heterocycles. The maximum absolute atomic E-state index is 3.82. The first-order valence-corrected chi connectivity index (χ1v) is 4.64. The minimum Gasteiger partial charge on any atom is -1.00 e. The van der Waals surface area contributed by atoms with Crippen molar-refractivity contribution in [1.82, 2.24) is 0 Å². The number of hydrogen-bond acceptors (Lipinski definition) is 0. The average Bonchev–Trinajstić information content (AvgIpc) is 2.17. The van der Waals surface area contributed by atoms with Crippen molar-refractivity contribution in [2.45, 2.75) is 6.42 Å². The van der Waals surface area contributed by atoms with E-state index < -0.39 is 0 Å². The van der Waals surface area contributed by atoms with Gasteiger partial charge in [-0.2, -0.15) is 0 Å². The predicted octanol–water partition coefficient (Wildman–Crippen LogP) is -0.547. The summed E-state index contributed by atoms with van der Waals surface area (Å²) in [4.78, 5) is 0. The van der Waals surface area contributed by atoms with E-state index in [4.69, 9.17) is 0 Å². The quantitative estimate of drug-likeness (QED) is 0.634. The minimum atomic E-state index is 0. The van der Waals surface area contributed by atoms with Crippen LogP contribution >= 0.6 is 0 Å². The molecule has 0 radical (unpaired) electrons. The third-order valence-corrected chi connectivity index (χ3v) is 2.31. The van der Waals surface area contributed by atoms with Crippen molar-refractivity contribution in [3.05, 3.63) is 48.7 Å². The van der Waals surface area contributed by atoms with E-state index in [9.17, 15) is 0 Å². The third kappa shape index (κ3) is 4.58. The number of nitrogens with zero attached hydrogens (tertiary/aromatic N) is 1. The Morgan fingerprint density at radius 2 is 1.79 bits per heavy atom. The lowest BCUT2D eigenvalue weighted by atomic mass is 10.1. The zero-order valence-electron chi connectivity index (χ0n) is 8.91. The molecule has 1 nitrogen and oxygen atoms in total. The molecule has 0 spiro atoms. The molecule has 1 rings (SSSR count). The zero-order chi connectivity index (χ0) is 9.73. The summed E-state index contributed by atoms with van der Waals surface area (Å²) in [5.41, 5.74) is 1.40. The lowest BCUT2D eigenvalue weighted by Crippen LogP contribution is -3.00. The van der Waals surface area contributed by atoms with Gasteiger partial charge in [-0.15, -0.1) is 0 Å². The highest BCUT2D eigenvalue weighted by molar-refractivity contribution is 5.14.